The van der Waals surface area contributed by atoms with Gasteiger partial charge in [-0.1, -0.05) is 48.5 Å². The smallest absolute Gasteiger partial charge is 0.321 e. The molecule has 26 heavy (non-hydrogen) atoms. The third-order valence-electron chi connectivity index (χ3n) is 4.89. The van der Waals surface area contributed by atoms with Gasteiger partial charge < -0.3 is 14.6 Å². The van der Waals surface area contributed by atoms with Crippen molar-refractivity contribution in [2.45, 2.75) is 25.2 Å². The second kappa shape index (κ2) is 7.58. The quantitative estimate of drug-likeness (QED) is 0.863. The minimum absolute atomic E-state index is 0.453. The number of rotatable bonds is 6. The largest absolute Gasteiger partial charge is 0.480 e. The molecule has 0 aliphatic carbocycles. The van der Waals surface area contributed by atoms with Crippen LogP contribution >= 0.6 is 0 Å². The van der Waals surface area contributed by atoms with Crippen LogP contribution in [-0.4, -0.2) is 49.3 Å². The molecule has 1 aliphatic rings. The van der Waals surface area contributed by atoms with Gasteiger partial charge in [0, 0.05) is 11.1 Å². The molecule has 0 spiro atoms. The minimum Gasteiger partial charge on any atom is -0.480 e. The number of benzene rings is 2. The van der Waals surface area contributed by atoms with Crippen molar-refractivity contribution in [1.82, 2.24) is 4.90 Å². The zero-order valence-corrected chi connectivity index (χ0v) is 15.4. The summed E-state index contributed by atoms with van der Waals surface area (Å²) in [4.78, 5) is 13.2. The Bertz CT molecular complexity index is 767. The summed E-state index contributed by atoms with van der Waals surface area (Å²) in [6, 6.07) is 15.4. The van der Waals surface area contributed by atoms with E-state index in [1.807, 2.05) is 55.5 Å². The Balaban J connectivity index is 1.94. The summed E-state index contributed by atoms with van der Waals surface area (Å²) >= 11 is 0. The molecule has 1 heterocycles. The number of carbonyl (C=O) groups is 1. The van der Waals surface area contributed by atoms with Crippen molar-refractivity contribution in [3.63, 3.8) is 0 Å². The molecule has 0 amide bonds. The van der Waals surface area contributed by atoms with Crippen molar-refractivity contribution in [2.75, 3.05) is 27.3 Å². The third-order valence-corrected chi connectivity index (χ3v) is 4.89. The molecule has 5 nitrogen and oxygen atoms in total. The monoisotopic (exact) mass is 355 g/mol. The topological polar surface area (TPSA) is 59.0 Å². The molecule has 0 saturated carbocycles. The molecule has 0 radical (unpaired) electrons. The number of carboxylic acids is 1. The maximum Gasteiger partial charge on any atom is 0.321 e. The molecular weight excluding hydrogens is 330 g/mol. The highest BCUT2D eigenvalue weighted by atomic mass is 16.7. The molecule has 0 aromatic heterocycles. The number of carboxylic acid groups (broad SMARTS) is 1. The van der Waals surface area contributed by atoms with E-state index >= 15 is 0 Å². The Morgan fingerprint density at radius 2 is 1.77 bits per heavy atom. The highest BCUT2D eigenvalue weighted by molar-refractivity contribution is 5.74. The molecule has 0 bridgehead atoms. The zero-order chi connectivity index (χ0) is 18.7. The van der Waals surface area contributed by atoms with Crippen molar-refractivity contribution in [3.8, 4) is 0 Å². The average Bonchev–Trinajstić information content (AvgIpc) is 3.12. The molecule has 1 saturated heterocycles. The van der Waals surface area contributed by atoms with Crippen molar-refractivity contribution < 1.29 is 19.4 Å². The van der Waals surface area contributed by atoms with Gasteiger partial charge in [-0.15, -0.1) is 0 Å². The molecule has 5 heteroatoms. The Morgan fingerprint density at radius 1 is 1.12 bits per heavy atom. The first-order chi connectivity index (χ1) is 12.4. The SMILES string of the molecule is Cc1cc(C2(c3ccccc3)OCCO2)ccc1C[C@@H](C(=O)O)N(C)C. The van der Waals surface area contributed by atoms with Crippen molar-refractivity contribution in [3.05, 3.63) is 70.8 Å². The minimum atomic E-state index is -0.891. The lowest BCUT2D eigenvalue weighted by Gasteiger charge is -2.29. The standard InChI is InChI=1S/C21H25NO4/c1-15-13-18(10-9-16(15)14-19(20(23)24)22(2)3)21(25-11-12-26-21)17-7-5-4-6-8-17/h4-10,13,19H,11-12,14H2,1-3H3,(H,23,24)/t19-/m0/s1. The fraction of sp³-hybridized carbons (Fsp3) is 0.381. The highest BCUT2D eigenvalue weighted by Crippen LogP contribution is 2.39. The van der Waals surface area contributed by atoms with Crippen LogP contribution < -0.4 is 0 Å². The van der Waals surface area contributed by atoms with Gasteiger partial charge in [-0.05, 0) is 38.6 Å². The predicted octanol–water partition coefficient (Wildman–Crippen LogP) is 2.80. The van der Waals surface area contributed by atoms with E-state index in [0.29, 0.717) is 19.6 Å². The van der Waals surface area contributed by atoms with Gasteiger partial charge in [0.15, 0.2) is 0 Å². The first kappa shape index (κ1) is 18.6. The first-order valence-corrected chi connectivity index (χ1v) is 8.77. The average molecular weight is 355 g/mol. The maximum absolute atomic E-state index is 11.5. The van der Waals surface area contributed by atoms with Gasteiger partial charge in [0.1, 0.15) is 6.04 Å². The molecule has 3 rings (SSSR count). The molecule has 0 unspecified atom stereocenters. The van der Waals surface area contributed by atoms with Crippen LogP contribution in [-0.2, 0) is 26.5 Å². The molecule has 2 aromatic carbocycles. The summed E-state index contributed by atoms with van der Waals surface area (Å²) in [5, 5.41) is 9.43. The summed E-state index contributed by atoms with van der Waals surface area (Å²) < 4.78 is 12.1. The molecule has 2 aromatic rings. The molecule has 1 fully saturated rings. The number of ether oxygens (including phenoxy) is 2. The fourth-order valence-corrected chi connectivity index (χ4v) is 3.40. The second-order valence-electron chi connectivity index (χ2n) is 6.84. The van der Waals surface area contributed by atoms with E-state index in [1.54, 1.807) is 19.0 Å². The van der Waals surface area contributed by atoms with Crippen LogP contribution in [0.1, 0.15) is 22.3 Å². The van der Waals surface area contributed by atoms with E-state index in [1.165, 1.54) is 0 Å². The molecule has 1 aliphatic heterocycles. The van der Waals surface area contributed by atoms with E-state index in [4.69, 9.17) is 9.47 Å². The third kappa shape index (κ3) is 3.51. The van der Waals surface area contributed by atoms with Crippen LogP contribution in [0.5, 0.6) is 0 Å². The lowest BCUT2D eigenvalue weighted by molar-refractivity contribution is -0.142. The maximum atomic E-state index is 11.5. The predicted molar refractivity (Wildman–Crippen MR) is 99.1 cm³/mol. The van der Waals surface area contributed by atoms with Gasteiger partial charge in [0.2, 0.25) is 5.79 Å². The van der Waals surface area contributed by atoms with Crippen molar-refractivity contribution >= 4 is 5.97 Å². The molecular formula is C21H25NO4. The number of aliphatic carboxylic acids is 1. The summed E-state index contributed by atoms with van der Waals surface area (Å²) in [5.74, 6) is -1.71. The molecule has 1 N–H and O–H groups in total. The Hall–Kier alpha value is -2.21. The van der Waals surface area contributed by atoms with Crippen LogP contribution in [0.25, 0.3) is 0 Å². The van der Waals surface area contributed by atoms with E-state index < -0.39 is 17.8 Å². The van der Waals surface area contributed by atoms with Crippen LogP contribution in [0.3, 0.4) is 0 Å². The normalized spacial score (nSPS) is 17.4. The van der Waals surface area contributed by atoms with Crippen LogP contribution in [0, 0.1) is 6.92 Å². The highest BCUT2D eigenvalue weighted by Gasteiger charge is 2.40. The number of likely N-dealkylation sites (N-methyl/N-ethyl adjacent to an activating group) is 1. The van der Waals surface area contributed by atoms with Crippen LogP contribution in [0.15, 0.2) is 48.5 Å². The summed E-state index contributed by atoms with van der Waals surface area (Å²) in [5.41, 5.74) is 3.93. The fourth-order valence-electron chi connectivity index (χ4n) is 3.40. The van der Waals surface area contributed by atoms with E-state index in [9.17, 15) is 9.90 Å². The molecule has 138 valence electrons. The summed E-state index contributed by atoms with van der Waals surface area (Å²) in [6.45, 7) is 3.08. The summed E-state index contributed by atoms with van der Waals surface area (Å²) in [7, 11) is 3.57. The first-order valence-electron chi connectivity index (χ1n) is 8.77. The van der Waals surface area contributed by atoms with Crippen molar-refractivity contribution in [2.24, 2.45) is 0 Å². The lowest BCUT2D eigenvalue weighted by atomic mass is 9.92. The van der Waals surface area contributed by atoms with Gasteiger partial charge in [-0.3, -0.25) is 9.69 Å². The lowest BCUT2D eigenvalue weighted by Crippen LogP contribution is -2.37. The van der Waals surface area contributed by atoms with Crippen LogP contribution in [0.2, 0.25) is 0 Å². The van der Waals surface area contributed by atoms with E-state index in [-0.39, 0.29) is 0 Å². The second-order valence-corrected chi connectivity index (χ2v) is 6.84. The van der Waals surface area contributed by atoms with Crippen LogP contribution in [0.4, 0.5) is 0 Å². The van der Waals surface area contributed by atoms with Gasteiger partial charge in [0.05, 0.1) is 13.2 Å². The Labute approximate surface area is 154 Å². The van der Waals surface area contributed by atoms with Crippen molar-refractivity contribution in [1.29, 1.82) is 0 Å². The van der Waals surface area contributed by atoms with Gasteiger partial charge in [-0.2, -0.15) is 0 Å². The Morgan fingerprint density at radius 3 is 2.31 bits per heavy atom. The van der Waals surface area contributed by atoms with E-state index in [2.05, 4.69) is 0 Å². The summed E-state index contributed by atoms with van der Waals surface area (Å²) in [6.07, 6.45) is 0.453. The number of hydrogen-bond donors (Lipinski definition) is 1. The Kier molecular flexibility index (Phi) is 5.41. The van der Waals surface area contributed by atoms with Gasteiger partial charge >= 0.3 is 5.97 Å². The van der Waals surface area contributed by atoms with Gasteiger partial charge in [0.25, 0.3) is 0 Å². The zero-order valence-electron chi connectivity index (χ0n) is 15.4. The van der Waals surface area contributed by atoms with Gasteiger partial charge in [-0.25, -0.2) is 0 Å². The number of hydrogen-bond acceptors (Lipinski definition) is 4. The number of aryl methyl sites for hydroxylation is 1. The molecule has 1 atom stereocenters. The van der Waals surface area contributed by atoms with E-state index in [0.717, 1.165) is 22.3 Å². The number of nitrogens with zero attached hydrogens (tertiary/aromatic N) is 1.